The summed E-state index contributed by atoms with van der Waals surface area (Å²) < 4.78 is 37.8. The lowest BCUT2D eigenvalue weighted by Gasteiger charge is -2.32. The molecule has 1 saturated carbocycles. The lowest BCUT2D eigenvalue weighted by atomic mass is 9.76. The zero-order valence-electron chi connectivity index (χ0n) is 16.3. The van der Waals surface area contributed by atoms with Crippen molar-refractivity contribution >= 4 is 29.5 Å². The molecule has 2 heterocycles. The van der Waals surface area contributed by atoms with E-state index in [2.05, 4.69) is 0 Å². The van der Waals surface area contributed by atoms with E-state index in [-0.39, 0.29) is 18.0 Å². The second kappa shape index (κ2) is 6.07. The maximum absolute atomic E-state index is 14.7. The molecule has 1 aromatic carbocycles. The predicted octanol–water partition coefficient (Wildman–Crippen LogP) is 3.93. The first kappa shape index (κ1) is 18.5. The zero-order chi connectivity index (χ0) is 19.6. The highest BCUT2D eigenvalue weighted by atomic mass is 19.1. The smallest absolute Gasteiger partial charge is 0.460 e. The van der Waals surface area contributed by atoms with Crippen LogP contribution in [0.2, 0.25) is 0 Å². The van der Waals surface area contributed by atoms with Gasteiger partial charge in [-0.05, 0) is 71.1 Å². The molecule has 1 aromatic heterocycles. The molecule has 0 atom stereocenters. The first-order chi connectivity index (χ1) is 12.6. The van der Waals surface area contributed by atoms with Crippen LogP contribution in [-0.4, -0.2) is 30.9 Å². The van der Waals surface area contributed by atoms with E-state index in [1.165, 1.54) is 6.07 Å². The number of hydrogen-bond acceptors (Lipinski definition) is 5. The Labute approximate surface area is 158 Å². The van der Waals surface area contributed by atoms with Crippen molar-refractivity contribution in [3.63, 3.8) is 0 Å². The number of benzene rings is 1. The Morgan fingerprint density at radius 1 is 1.22 bits per heavy atom. The average molecular weight is 374 g/mol. The van der Waals surface area contributed by atoms with Gasteiger partial charge in [0.15, 0.2) is 11.4 Å². The molecule has 2 aliphatic rings. The minimum atomic E-state index is -0.843. The SMILES string of the molecule is CCOC(=O)c1oc2c(F)cc(C3CC3)cc2c1B1OC(C)(C)C(C)(C)O1. The van der Waals surface area contributed by atoms with Crippen LogP contribution in [0.1, 0.15) is 69.5 Å². The van der Waals surface area contributed by atoms with Gasteiger partial charge >= 0.3 is 13.1 Å². The molecule has 0 radical (unpaired) electrons. The Morgan fingerprint density at radius 2 is 1.85 bits per heavy atom. The third kappa shape index (κ3) is 2.97. The van der Waals surface area contributed by atoms with Crippen molar-refractivity contribution < 1.29 is 27.6 Å². The van der Waals surface area contributed by atoms with Gasteiger partial charge in [-0.25, -0.2) is 9.18 Å². The van der Waals surface area contributed by atoms with Crippen LogP contribution in [0, 0.1) is 5.82 Å². The first-order valence-electron chi connectivity index (χ1n) is 9.43. The summed E-state index contributed by atoms with van der Waals surface area (Å²) in [6.45, 7) is 9.60. The van der Waals surface area contributed by atoms with Crippen LogP contribution in [0.3, 0.4) is 0 Å². The predicted molar refractivity (Wildman–Crippen MR) is 99.8 cm³/mol. The molecule has 1 saturated heterocycles. The molecule has 144 valence electrons. The van der Waals surface area contributed by atoms with E-state index in [1.807, 2.05) is 33.8 Å². The fourth-order valence-corrected chi connectivity index (χ4v) is 3.39. The number of hydrogen-bond donors (Lipinski definition) is 0. The van der Waals surface area contributed by atoms with Crippen molar-refractivity contribution in [1.82, 2.24) is 0 Å². The Bertz CT molecular complexity index is 897. The van der Waals surface area contributed by atoms with Gasteiger partial charge in [-0.1, -0.05) is 0 Å². The van der Waals surface area contributed by atoms with Gasteiger partial charge in [0.25, 0.3) is 0 Å². The second-order valence-corrected chi connectivity index (χ2v) is 8.31. The molecule has 0 spiro atoms. The van der Waals surface area contributed by atoms with Crippen LogP contribution in [0.15, 0.2) is 16.5 Å². The van der Waals surface area contributed by atoms with Crippen molar-refractivity contribution in [2.24, 2.45) is 0 Å². The summed E-state index contributed by atoms with van der Waals surface area (Å²) in [4.78, 5) is 12.5. The molecule has 1 aliphatic heterocycles. The quantitative estimate of drug-likeness (QED) is 0.600. The van der Waals surface area contributed by atoms with Crippen LogP contribution in [0.25, 0.3) is 11.0 Å². The second-order valence-electron chi connectivity index (χ2n) is 8.31. The number of halogens is 1. The summed E-state index contributed by atoms with van der Waals surface area (Å²) in [5, 5.41) is 0.512. The lowest BCUT2D eigenvalue weighted by molar-refractivity contribution is 0.00578. The highest BCUT2D eigenvalue weighted by molar-refractivity contribution is 6.66. The molecular formula is C20H24BFO5. The molecule has 0 amide bonds. The van der Waals surface area contributed by atoms with E-state index in [0.717, 1.165) is 18.4 Å². The van der Waals surface area contributed by atoms with Crippen molar-refractivity contribution in [3.8, 4) is 0 Å². The minimum absolute atomic E-state index is 0.0344. The van der Waals surface area contributed by atoms with E-state index in [9.17, 15) is 9.18 Å². The standard InChI is InChI=1S/C20H24BFO5/c1-6-24-18(23)17-15(21-26-19(2,3)20(4,5)27-21)13-9-12(11-7-8-11)10-14(22)16(13)25-17/h9-11H,6-8H2,1-5H3. The number of furan rings is 1. The highest BCUT2D eigenvalue weighted by Gasteiger charge is 2.54. The van der Waals surface area contributed by atoms with Crippen LogP contribution in [-0.2, 0) is 14.0 Å². The van der Waals surface area contributed by atoms with E-state index in [0.29, 0.717) is 16.8 Å². The maximum atomic E-state index is 14.7. The number of carbonyl (C=O) groups is 1. The maximum Gasteiger partial charge on any atom is 0.499 e. The van der Waals surface area contributed by atoms with Crippen LogP contribution in [0.4, 0.5) is 4.39 Å². The van der Waals surface area contributed by atoms with Gasteiger partial charge in [0.1, 0.15) is 0 Å². The third-order valence-corrected chi connectivity index (χ3v) is 5.80. The largest absolute Gasteiger partial charge is 0.499 e. The number of esters is 1. The summed E-state index contributed by atoms with van der Waals surface area (Å²) in [5.41, 5.74) is 0.157. The molecule has 0 unspecified atom stereocenters. The molecule has 2 fully saturated rings. The fourth-order valence-electron chi connectivity index (χ4n) is 3.39. The summed E-state index contributed by atoms with van der Waals surface area (Å²) in [6, 6.07) is 3.38. The van der Waals surface area contributed by atoms with Gasteiger partial charge in [-0.2, -0.15) is 0 Å². The fraction of sp³-hybridized carbons (Fsp3) is 0.550. The van der Waals surface area contributed by atoms with E-state index in [4.69, 9.17) is 18.5 Å². The zero-order valence-corrected chi connectivity index (χ0v) is 16.3. The average Bonchev–Trinajstić information content (AvgIpc) is 3.29. The lowest BCUT2D eigenvalue weighted by Crippen LogP contribution is -2.41. The Kier molecular flexibility index (Phi) is 4.16. The normalized spacial score (nSPS) is 21.0. The van der Waals surface area contributed by atoms with E-state index < -0.39 is 30.1 Å². The monoisotopic (exact) mass is 374 g/mol. The molecular weight excluding hydrogens is 350 g/mol. The highest BCUT2D eigenvalue weighted by Crippen LogP contribution is 2.42. The summed E-state index contributed by atoms with van der Waals surface area (Å²) in [6.07, 6.45) is 2.08. The van der Waals surface area contributed by atoms with Crippen molar-refractivity contribution in [2.75, 3.05) is 6.61 Å². The molecule has 5 nitrogen and oxygen atoms in total. The molecule has 2 aromatic rings. The minimum Gasteiger partial charge on any atom is -0.460 e. The van der Waals surface area contributed by atoms with Crippen LogP contribution >= 0.6 is 0 Å². The van der Waals surface area contributed by atoms with E-state index >= 15 is 0 Å². The molecule has 0 N–H and O–H groups in total. The van der Waals surface area contributed by atoms with Gasteiger partial charge in [0.05, 0.1) is 17.8 Å². The van der Waals surface area contributed by atoms with Gasteiger partial charge in [-0.15, -0.1) is 0 Å². The van der Waals surface area contributed by atoms with Crippen molar-refractivity contribution in [1.29, 1.82) is 0 Å². The topological polar surface area (TPSA) is 57.9 Å². The molecule has 0 bridgehead atoms. The molecule has 7 heteroatoms. The van der Waals surface area contributed by atoms with Crippen LogP contribution in [0.5, 0.6) is 0 Å². The number of fused-ring (bicyclic) bond motifs is 1. The summed E-state index contributed by atoms with van der Waals surface area (Å²) >= 11 is 0. The van der Waals surface area contributed by atoms with Crippen molar-refractivity contribution in [3.05, 3.63) is 29.3 Å². The van der Waals surface area contributed by atoms with Gasteiger partial charge in [0, 0.05) is 10.8 Å². The number of rotatable bonds is 4. The molecule has 27 heavy (non-hydrogen) atoms. The Balaban J connectivity index is 1.90. The number of ether oxygens (including phenoxy) is 1. The van der Waals surface area contributed by atoms with E-state index in [1.54, 1.807) is 6.92 Å². The first-order valence-corrected chi connectivity index (χ1v) is 9.43. The Morgan fingerprint density at radius 3 is 2.41 bits per heavy atom. The van der Waals surface area contributed by atoms with Gasteiger partial charge in [0.2, 0.25) is 5.76 Å². The van der Waals surface area contributed by atoms with Crippen LogP contribution < -0.4 is 5.46 Å². The summed E-state index contributed by atoms with van der Waals surface area (Å²) in [5.74, 6) is -0.832. The van der Waals surface area contributed by atoms with Gasteiger partial charge in [-0.3, -0.25) is 0 Å². The summed E-state index contributed by atoms with van der Waals surface area (Å²) in [7, 11) is -0.843. The van der Waals surface area contributed by atoms with Crippen molar-refractivity contribution in [2.45, 2.75) is 64.6 Å². The molecule has 4 rings (SSSR count). The van der Waals surface area contributed by atoms with Gasteiger partial charge < -0.3 is 18.5 Å². The third-order valence-electron chi connectivity index (χ3n) is 5.80. The number of carbonyl (C=O) groups excluding carboxylic acids is 1. The molecule has 1 aliphatic carbocycles. The Hall–Kier alpha value is -1.86.